The fraction of sp³-hybridized carbons (Fsp3) is 0.118. The third kappa shape index (κ3) is 3.65. The maximum Gasteiger partial charge on any atom is 0.471 e. The van der Waals surface area contributed by atoms with E-state index in [4.69, 9.17) is 0 Å². The van der Waals surface area contributed by atoms with Gasteiger partial charge in [0.15, 0.2) is 5.82 Å². The lowest BCUT2D eigenvalue weighted by Crippen LogP contribution is -2.05. The van der Waals surface area contributed by atoms with E-state index in [0.29, 0.717) is 17.9 Å². The largest absolute Gasteiger partial charge is 0.471 e. The zero-order chi connectivity index (χ0) is 19.7. The first kappa shape index (κ1) is 18.3. The molecule has 0 spiro atoms. The number of aromatic nitrogens is 6. The number of hydrogen-bond acceptors (Lipinski definition) is 6. The number of hydrogen-bond donors (Lipinski definition) is 0. The lowest BCUT2D eigenvalue weighted by atomic mass is 10.1. The number of halogens is 4. The van der Waals surface area contributed by atoms with Crippen LogP contribution >= 0.6 is 15.9 Å². The van der Waals surface area contributed by atoms with Gasteiger partial charge >= 0.3 is 12.1 Å². The minimum absolute atomic E-state index is 0.129. The topological polar surface area (TPSA) is 82.5 Å². The van der Waals surface area contributed by atoms with Crippen LogP contribution in [0.2, 0.25) is 0 Å². The Hall–Kier alpha value is -3.08. The highest BCUT2D eigenvalue weighted by atomic mass is 79.9. The van der Waals surface area contributed by atoms with Crippen molar-refractivity contribution in [2.24, 2.45) is 0 Å². The van der Waals surface area contributed by atoms with Crippen LogP contribution in [-0.4, -0.2) is 30.3 Å². The molecule has 0 atom stereocenters. The molecule has 2 aromatic carbocycles. The standard InChI is InChI=1S/C17H10BrF3N6O/c18-13-4-2-1-3-12(13)15-23-25-26-27(15)9-10-5-7-11(8-6-10)14-22-16(28-24-14)17(19,20)21/h1-8H,9H2. The van der Waals surface area contributed by atoms with Gasteiger partial charge in [-0.1, -0.05) is 57.5 Å². The summed E-state index contributed by atoms with van der Waals surface area (Å²) >= 11 is 3.48. The first-order valence-corrected chi connectivity index (χ1v) is 8.72. The van der Waals surface area contributed by atoms with Crippen LogP contribution < -0.4 is 0 Å². The smallest absolute Gasteiger partial charge is 0.329 e. The van der Waals surface area contributed by atoms with Gasteiger partial charge in [-0.2, -0.15) is 18.2 Å². The van der Waals surface area contributed by atoms with Gasteiger partial charge in [-0.3, -0.25) is 0 Å². The van der Waals surface area contributed by atoms with Crippen molar-refractivity contribution >= 4 is 15.9 Å². The Morgan fingerprint density at radius 1 is 1.04 bits per heavy atom. The maximum absolute atomic E-state index is 12.6. The Balaban J connectivity index is 1.56. The average Bonchev–Trinajstić information content (AvgIpc) is 3.32. The molecule has 11 heteroatoms. The summed E-state index contributed by atoms with van der Waals surface area (Å²) in [6, 6.07) is 14.3. The van der Waals surface area contributed by atoms with Crippen LogP contribution in [0.15, 0.2) is 57.5 Å². The van der Waals surface area contributed by atoms with E-state index in [1.54, 1.807) is 28.9 Å². The van der Waals surface area contributed by atoms with Crippen LogP contribution in [0.3, 0.4) is 0 Å². The van der Waals surface area contributed by atoms with E-state index in [1.807, 2.05) is 24.3 Å². The molecule has 0 aliphatic heterocycles. The third-order valence-corrected chi connectivity index (χ3v) is 4.55. The van der Waals surface area contributed by atoms with Crippen LogP contribution in [-0.2, 0) is 12.7 Å². The predicted molar refractivity (Wildman–Crippen MR) is 94.8 cm³/mol. The summed E-state index contributed by atoms with van der Waals surface area (Å²) in [6.45, 7) is 0.379. The summed E-state index contributed by atoms with van der Waals surface area (Å²) in [7, 11) is 0. The molecule has 0 N–H and O–H groups in total. The lowest BCUT2D eigenvalue weighted by Gasteiger charge is -2.07. The molecule has 2 aromatic heterocycles. The molecule has 142 valence electrons. The van der Waals surface area contributed by atoms with Gasteiger partial charge in [-0.25, -0.2) is 4.68 Å². The van der Waals surface area contributed by atoms with E-state index >= 15 is 0 Å². The Kier molecular flexibility index (Phi) is 4.67. The number of benzene rings is 2. The third-order valence-electron chi connectivity index (χ3n) is 3.86. The highest BCUT2D eigenvalue weighted by Crippen LogP contribution is 2.29. The Bertz CT molecular complexity index is 1110. The van der Waals surface area contributed by atoms with Gasteiger partial charge in [0.1, 0.15) is 0 Å². The van der Waals surface area contributed by atoms with Crippen molar-refractivity contribution in [1.82, 2.24) is 30.3 Å². The number of rotatable bonds is 4. The van der Waals surface area contributed by atoms with Crippen LogP contribution in [0.5, 0.6) is 0 Å². The number of alkyl halides is 3. The van der Waals surface area contributed by atoms with Gasteiger partial charge in [-0.05, 0) is 28.1 Å². The SMILES string of the molecule is FC(F)(F)c1nc(-c2ccc(Cn3nnnc3-c3ccccc3Br)cc2)no1. The molecule has 0 unspecified atom stereocenters. The molecule has 28 heavy (non-hydrogen) atoms. The van der Waals surface area contributed by atoms with Crippen molar-refractivity contribution < 1.29 is 17.7 Å². The monoisotopic (exact) mass is 450 g/mol. The zero-order valence-corrected chi connectivity index (χ0v) is 15.5. The molecular formula is C17H10BrF3N6O. The van der Waals surface area contributed by atoms with Crippen LogP contribution in [0.1, 0.15) is 11.5 Å². The molecule has 2 heterocycles. The molecule has 0 aliphatic carbocycles. The van der Waals surface area contributed by atoms with E-state index in [9.17, 15) is 13.2 Å². The highest BCUT2D eigenvalue weighted by molar-refractivity contribution is 9.10. The molecule has 0 bridgehead atoms. The van der Waals surface area contributed by atoms with E-state index < -0.39 is 12.1 Å². The van der Waals surface area contributed by atoms with Gasteiger partial charge in [0, 0.05) is 15.6 Å². The maximum atomic E-state index is 12.6. The molecule has 0 saturated heterocycles. The van der Waals surface area contributed by atoms with Gasteiger partial charge < -0.3 is 4.52 Å². The van der Waals surface area contributed by atoms with Crippen molar-refractivity contribution in [3.63, 3.8) is 0 Å². The fourth-order valence-corrected chi connectivity index (χ4v) is 3.00. The van der Waals surface area contributed by atoms with Crippen molar-refractivity contribution in [2.45, 2.75) is 12.7 Å². The molecular weight excluding hydrogens is 441 g/mol. The second-order valence-corrected chi connectivity index (χ2v) is 6.61. The van der Waals surface area contributed by atoms with Crippen LogP contribution in [0, 0.1) is 0 Å². The quantitative estimate of drug-likeness (QED) is 0.462. The molecule has 0 fully saturated rings. The fourth-order valence-electron chi connectivity index (χ4n) is 2.53. The molecule has 0 amide bonds. The first-order valence-electron chi connectivity index (χ1n) is 7.93. The second-order valence-electron chi connectivity index (χ2n) is 5.76. The Morgan fingerprint density at radius 2 is 1.79 bits per heavy atom. The molecule has 4 rings (SSSR count). The van der Waals surface area contributed by atoms with Gasteiger partial charge in [0.05, 0.1) is 6.54 Å². The van der Waals surface area contributed by atoms with Gasteiger partial charge in [0.25, 0.3) is 0 Å². The first-order chi connectivity index (χ1) is 13.4. The summed E-state index contributed by atoms with van der Waals surface area (Å²) in [4.78, 5) is 3.38. The summed E-state index contributed by atoms with van der Waals surface area (Å²) in [6.07, 6.45) is -4.67. The summed E-state index contributed by atoms with van der Waals surface area (Å²) in [5.41, 5.74) is 2.10. The zero-order valence-electron chi connectivity index (χ0n) is 13.9. The second kappa shape index (κ2) is 7.15. The van der Waals surface area contributed by atoms with E-state index in [0.717, 1.165) is 15.6 Å². The predicted octanol–water partition coefficient (Wildman–Crippen LogP) is 4.22. The molecule has 4 aromatic rings. The van der Waals surface area contributed by atoms with E-state index in [-0.39, 0.29) is 5.82 Å². The van der Waals surface area contributed by atoms with Gasteiger partial charge in [-0.15, -0.1) is 5.10 Å². The summed E-state index contributed by atoms with van der Waals surface area (Å²) < 4.78 is 44.5. The Morgan fingerprint density at radius 3 is 2.46 bits per heavy atom. The molecule has 7 nitrogen and oxygen atoms in total. The molecule has 0 aliphatic rings. The van der Waals surface area contributed by atoms with E-state index in [2.05, 4.69) is 46.1 Å². The number of tetrazole rings is 1. The van der Waals surface area contributed by atoms with Crippen LogP contribution in [0.4, 0.5) is 13.2 Å². The van der Waals surface area contributed by atoms with Crippen molar-refractivity contribution in [3.8, 4) is 22.8 Å². The van der Waals surface area contributed by atoms with Crippen LogP contribution in [0.25, 0.3) is 22.8 Å². The number of nitrogens with zero attached hydrogens (tertiary/aromatic N) is 6. The molecule has 0 radical (unpaired) electrons. The highest BCUT2D eigenvalue weighted by Gasteiger charge is 2.38. The summed E-state index contributed by atoms with van der Waals surface area (Å²) in [5.74, 6) is -0.918. The minimum atomic E-state index is -4.67. The Labute approximate surface area is 164 Å². The van der Waals surface area contributed by atoms with Crippen molar-refractivity contribution in [3.05, 3.63) is 64.5 Å². The minimum Gasteiger partial charge on any atom is -0.329 e. The van der Waals surface area contributed by atoms with Crippen molar-refractivity contribution in [2.75, 3.05) is 0 Å². The summed E-state index contributed by atoms with van der Waals surface area (Å²) in [5, 5.41) is 15.2. The van der Waals surface area contributed by atoms with Gasteiger partial charge in [0.2, 0.25) is 5.82 Å². The average molecular weight is 451 g/mol. The van der Waals surface area contributed by atoms with Crippen molar-refractivity contribution in [1.29, 1.82) is 0 Å². The normalized spacial score (nSPS) is 11.7. The van der Waals surface area contributed by atoms with E-state index in [1.165, 1.54) is 0 Å². The lowest BCUT2D eigenvalue weighted by molar-refractivity contribution is -0.159. The molecule has 0 saturated carbocycles.